The molecular weight excluding hydrogens is 445 g/mol. The van der Waals surface area contributed by atoms with E-state index in [9.17, 15) is 18.0 Å². The van der Waals surface area contributed by atoms with Crippen molar-refractivity contribution in [3.8, 4) is 33.6 Å². The molecule has 0 aliphatic carbocycles. The predicted octanol–water partition coefficient (Wildman–Crippen LogP) is 6.01. The van der Waals surface area contributed by atoms with Crippen molar-refractivity contribution in [3.63, 3.8) is 0 Å². The molecule has 174 valence electrons. The third kappa shape index (κ3) is 4.54. The molecule has 4 rings (SSSR count). The standard InChI is InChI=1S/C25H21F3N4O2/c1-14(2)19(13-33)23-12-21(32-34-23)16-9-7-15(8-10-16)18-11-22(30-31-24(18)29)17-5-3-4-6-20(17)25(26,27)28/h3-14,19H,1-2H3,(H2,29,31). The van der Waals surface area contributed by atoms with Gasteiger partial charge >= 0.3 is 6.18 Å². The number of hydrogen-bond acceptors (Lipinski definition) is 6. The Morgan fingerprint density at radius 2 is 1.59 bits per heavy atom. The Kier molecular flexibility index (Phi) is 6.19. The molecule has 0 saturated heterocycles. The first-order chi connectivity index (χ1) is 16.2. The molecule has 1 unspecified atom stereocenters. The van der Waals surface area contributed by atoms with Gasteiger partial charge in [0, 0.05) is 22.8 Å². The molecule has 0 spiro atoms. The van der Waals surface area contributed by atoms with E-state index < -0.39 is 11.7 Å². The molecule has 0 aliphatic rings. The fourth-order valence-corrected chi connectivity index (χ4v) is 3.67. The summed E-state index contributed by atoms with van der Waals surface area (Å²) in [7, 11) is 0. The molecule has 2 heterocycles. The summed E-state index contributed by atoms with van der Waals surface area (Å²) in [6, 6.07) is 15.5. The van der Waals surface area contributed by atoms with Crippen molar-refractivity contribution in [2.75, 3.05) is 5.73 Å². The molecule has 0 aliphatic heterocycles. The second-order valence-electron chi connectivity index (χ2n) is 8.17. The average Bonchev–Trinajstić information content (AvgIpc) is 3.29. The van der Waals surface area contributed by atoms with Crippen LogP contribution < -0.4 is 5.73 Å². The Morgan fingerprint density at radius 1 is 0.912 bits per heavy atom. The van der Waals surface area contributed by atoms with Gasteiger partial charge in [-0.15, -0.1) is 10.2 Å². The van der Waals surface area contributed by atoms with Crippen LogP contribution in [0.25, 0.3) is 33.6 Å². The number of nitrogen functional groups attached to an aromatic ring is 1. The number of nitrogens with two attached hydrogens (primary N) is 1. The first-order valence-corrected chi connectivity index (χ1v) is 10.5. The molecule has 0 radical (unpaired) electrons. The van der Waals surface area contributed by atoms with Crippen molar-refractivity contribution in [3.05, 3.63) is 72.0 Å². The molecule has 4 aromatic rings. The lowest BCUT2D eigenvalue weighted by atomic mass is 9.94. The summed E-state index contributed by atoms with van der Waals surface area (Å²) in [6.45, 7) is 3.84. The van der Waals surface area contributed by atoms with Crippen molar-refractivity contribution in [2.45, 2.75) is 25.9 Å². The van der Waals surface area contributed by atoms with Gasteiger partial charge in [-0.2, -0.15) is 13.2 Å². The summed E-state index contributed by atoms with van der Waals surface area (Å²) in [5.74, 6) is 0.260. The molecule has 6 nitrogen and oxygen atoms in total. The van der Waals surface area contributed by atoms with Crippen LogP contribution in [0.3, 0.4) is 0 Å². The number of hydrogen-bond donors (Lipinski definition) is 1. The van der Waals surface area contributed by atoms with Crippen LogP contribution in [0.2, 0.25) is 0 Å². The van der Waals surface area contributed by atoms with Gasteiger partial charge in [-0.1, -0.05) is 61.5 Å². The van der Waals surface area contributed by atoms with E-state index in [0.29, 0.717) is 22.6 Å². The van der Waals surface area contributed by atoms with E-state index in [4.69, 9.17) is 10.3 Å². The van der Waals surface area contributed by atoms with Crippen LogP contribution >= 0.6 is 0 Å². The molecule has 2 aromatic heterocycles. The summed E-state index contributed by atoms with van der Waals surface area (Å²) >= 11 is 0. The third-order valence-corrected chi connectivity index (χ3v) is 5.54. The van der Waals surface area contributed by atoms with Gasteiger partial charge in [0.2, 0.25) is 0 Å². The molecule has 0 saturated carbocycles. The van der Waals surface area contributed by atoms with Crippen LogP contribution in [0.4, 0.5) is 19.0 Å². The highest BCUT2D eigenvalue weighted by Crippen LogP contribution is 2.38. The van der Waals surface area contributed by atoms with Gasteiger partial charge < -0.3 is 15.1 Å². The number of alkyl halides is 3. The minimum Gasteiger partial charge on any atom is -0.382 e. The highest BCUT2D eigenvalue weighted by molar-refractivity contribution is 5.79. The largest absolute Gasteiger partial charge is 0.417 e. The molecule has 2 N–H and O–H groups in total. The van der Waals surface area contributed by atoms with E-state index >= 15 is 0 Å². The normalized spacial score (nSPS) is 12.6. The first-order valence-electron chi connectivity index (χ1n) is 10.5. The third-order valence-electron chi connectivity index (χ3n) is 5.54. The second kappa shape index (κ2) is 9.09. The Balaban J connectivity index is 1.67. The Morgan fingerprint density at radius 3 is 2.24 bits per heavy atom. The maximum absolute atomic E-state index is 13.5. The van der Waals surface area contributed by atoms with Crippen LogP contribution in [0, 0.1) is 5.92 Å². The lowest BCUT2D eigenvalue weighted by molar-refractivity contribution is -0.137. The summed E-state index contributed by atoms with van der Waals surface area (Å²) < 4.78 is 45.7. The Hall–Kier alpha value is -4.01. The van der Waals surface area contributed by atoms with Gasteiger partial charge in [-0.3, -0.25) is 0 Å². The van der Waals surface area contributed by atoms with Crippen LogP contribution in [0.1, 0.15) is 31.1 Å². The molecule has 34 heavy (non-hydrogen) atoms. The molecule has 2 aromatic carbocycles. The number of rotatable bonds is 6. The fraction of sp³-hybridized carbons (Fsp3) is 0.200. The monoisotopic (exact) mass is 466 g/mol. The minimum absolute atomic E-state index is 0.0657. The molecule has 0 amide bonds. The van der Waals surface area contributed by atoms with E-state index in [2.05, 4.69) is 15.4 Å². The second-order valence-corrected chi connectivity index (χ2v) is 8.17. The molecule has 0 bridgehead atoms. The van der Waals surface area contributed by atoms with Gasteiger partial charge in [0.15, 0.2) is 5.82 Å². The van der Waals surface area contributed by atoms with Gasteiger partial charge in [0.25, 0.3) is 0 Å². The Bertz CT molecular complexity index is 1310. The SMILES string of the molecule is CC(C)C(C=O)c1cc(-c2ccc(-c3cc(-c4ccccc4C(F)(F)F)nnc3N)cc2)no1. The van der Waals surface area contributed by atoms with Gasteiger partial charge in [-0.25, -0.2) is 0 Å². The van der Waals surface area contributed by atoms with Crippen LogP contribution in [0.5, 0.6) is 0 Å². The van der Waals surface area contributed by atoms with Crippen molar-refractivity contribution < 1.29 is 22.5 Å². The maximum atomic E-state index is 13.5. The number of aromatic nitrogens is 3. The molecular formula is C25H21F3N4O2. The zero-order valence-electron chi connectivity index (χ0n) is 18.4. The van der Waals surface area contributed by atoms with Crippen molar-refractivity contribution >= 4 is 12.1 Å². The number of aldehydes is 1. The summed E-state index contributed by atoms with van der Waals surface area (Å²) in [5.41, 5.74) is 7.60. The quantitative estimate of drug-likeness (QED) is 0.350. The van der Waals surface area contributed by atoms with Crippen molar-refractivity contribution in [1.29, 1.82) is 0 Å². The zero-order valence-corrected chi connectivity index (χ0v) is 18.4. The lowest BCUT2D eigenvalue weighted by Gasteiger charge is -2.13. The van der Waals surface area contributed by atoms with E-state index in [0.717, 1.165) is 17.9 Å². The lowest BCUT2D eigenvalue weighted by Crippen LogP contribution is -2.08. The molecule has 9 heteroatoms. The summed E-state index contributed by atoms with van der Waals surface area (Å²) in [4.78, 5) is 11.4. The van der Waals surface area contributed by atoms with E-state index in [1.165, 1.54) is 24.3 Å². The summed E-state index contributed by atoms with van der Waals surface area (Å²) in [5, 5.41) is 11.8. The van der Waals surface area contributed by atoms with Crippen molar-refractivity contribution in [1.82, 2.24) is 15.4 Å². The van der Waals surface area contributed by atoms with Crippen LogP contribution in [-0.2, 0) is 11.0 Å². The van der Waals surface area contributed by atoms with Gasteiger partial charge in [-0.05, 0) is 23.6 Å². The molecule has 0 fully saturated rings. The number of nitrogens with zero attached hydrogens (tertiary/aromatic N) is 3. The highest BCUT2D eigenvalue weighted by Gasteiger charge is 2.34. The first kappa shape index (κ1) is 23.2. The van der Waals surface area contributed by atoms with Crippen LogP contribution in [0.15, 0.2) is 65.2 Å². The number of carbonyl (C=O) groups is 1. The number of carbonyl (C=O) groups excluding carboxylic acids is 1. The maximum Gasteiger partial charge on any atom is 0.417 e. The van der Waals surface area contributed by atoms with E-state index in [-0.39, 0.29) is 28.9 Å². The Labute approximate surface area is 193 Å². The van der Waals surface area contributed by atoms with Crippen LogP contribution in [-0.4, -0.2) is 21.6 Å². The molecule has 1 atom stereocenters. The van der Waals surface area contributed by atoms with Crippen molar-refractivity contribution in [2.24, 2.45) is 5.92 Å². The topological polar surface area (TPSA) is 94.9 Å². The van der Waals surface area contributed by atoms with Gasteiger partial charge in [0.05, 0.1) is 17.2 Å². The number of anilines is 1. The number of benzene rings is 2. The summed E-state index contributed by atoms with van der Waals surface area (Å²) in [6.07, 6.45) is -3.69. The zero-order chi connectivity index (χ0) is 24.5. The average molecular weight is 466 g/mol. The smallest absolute Gasteiger partial charge is 0.382 e. The predicted molar refractivity (Wildman–Crippen MR) is 121 cm³/mol. The minimum atomic E-state index is -4.53. The highest BCUT2D eigenvalue weighted by atomic mass is 19.4. The van der Waals surface area contributed by atoms with E-state index in [1.54, 1.807) is 30.3 Å². The fourth-order valence-electron chi connectivity index (χ4n) is 3.67. The number of halogens is 3. The van der Waals surface area contributed by atoms with Gasteiger partial charge in [0.1, 0.15) is 17.7 Å². The van der Waals surface area contributed by atoms with E-state index in [1.807, 2.05) is 13.8 Å².